The predicted octanol–water partition coefficient (Wildman–Crippen LogP) is 11.9. The minimum absolute atomic E-state index is 0.430. The predicted molar refractivity (Wildman–Crippen MR) is 200 cm³/mol. The standard InChI is InChI=1S/C47H29N/c1-2-12-30(13-3-1)32-15-10-16-34(28-32)48-43-23-9-6-19-37(43)40-29-33(25-27-44(40)48)47-41-21-7-4-17-35(41)38-20-11-14-31-24-26-39(46(47)45(31)38)36-18-5-8-22-42(36)47/h1-29H. The molecule has 1 atom stereocenters. The van der Waals surface area contributed by atoms with E-state index in [0.29, 0.717) is 0 Å². The van der Waals surface area contributed by atoms with E-state index in [1.54, 1.807) is 0 Å². The van der Waals surface area contributed by atoms with E-state index in [1.165, 1.54) is 93.9 Å². The lowest BCUT2D eigenvalue weighted by molar-refractivity contribution is 0.774. The van der Waals surface area contributed by atoms with Gasteiger partial charge in [0.05, 0.1) is 16.4 Å². The summed E-state index contributed by atoms with van der Waals surface area (Å²) in [7, 11) is 0. The highest BCUT2D eigenvalue weighted by Gasteiger charge is 2.50. The van der Waals surface area contributed by atoms with Gasteiger partial charge in [0.2, 0.25) is 0 Å². The smallest absolute Gasteiger partial charge is 0.0726 e. The third-order valence-corrected chi connectivity index (χ3v) is 11.0. The van der Waals surface area contributed by atoms with Crippen molar-refractivity contribution in [3.05, 3.63) is 198 Å². The average Bonchev–Trinajstić information content (AvgIpc) is 3.66. The summed E-state index contributed by atoms with van der Waals surface area (Å²) < 4.78 is 2.44. The first-order valence-corrected chi connectivity index (χ1v) is 16.8. The van der Waals surface area contributed by atoms with Crippen LogP contribution in [-0.2, 0) is 5.41 Å². The van der Waals surface area contributed by atoms with Gasteiger partial charge < -0.3 is 4.57 Å². The number of hydrogen-bond acceptors (Lipinski definition) is 0. The van der Waals surface area contributed by atoms with Gasteiger partial charge in [-0.05, 0) is 96.7 Å². The zero-order valence-corrected chi connectivity index (χ0v) is 26.2. The summed E-state index contributed by atoms with van der Waals surface area (Å²) in [6.07, 6.45) is 0. The van der Waals surface area contributed by atoms with Crippen molar-refractivity contribution in [2.75, 3.05) is 0 Å². The maximum atomic E-state index is 2.50. The quantitative estimate of drug-likeness (QED) is 0.188. The Hall–Kier alpha value is -6.18. The molecule has 1 heteroatoms. The molecule has 0 saturated carbocycles. The molecule has 1 aromatic heterocycles. The number of nitrogens with zero attached hydrogens (tertiary/aromatic N) is 1. The topological polar surface area (TPSA) is 4.93 Å². The molecule has 0 fully saturated rings. The van der Waals surface area contributed by atoms with Crippen LogP contribution in [0.4, 0.5) is 0 Å². The molecule has 222 valence electrons. The Morgan fingerprint density at radius 2 is 1.06 bits per heavy atom. The molecule has 8 aromatic carbocycles. The SMILES string of the molecule is c1ccc(-c2cccc(-n3c4ccccc4c4cc(C56c7ccccc7-c7ccc8cccc(c8c75)-c5ccccc56)ccc43)c2)cc1. The van der Waals surface area contributed by atoms with Gasteiger partial charge >= 0.3 is 0 Å². The fourth-order valence-corrected chi connectivity index (χ4v) is 9.12. The van der Waals surface area contributed by atoms with Gasteiger partial charge in [-0.3, -0.25) is 0 Å². The summed E-state index contributed by atoms with van der Waals surface area (Å²) in [5, 5.41) is 5.22. The highest BCUT2D eigenvalue weighted by Crippen LogP contribution is 2.63. The normalized spacial score (nSPS) is 15.6. The summed E-state index contributed by atoms with van der Waals surface area (Å²) in [6.45, 7) is 0. The monoisotopic (exact) mass is 607 g/mol. The molecule has 2 aliphatic carbocycles. The van der Waals surface area contributed by atoms with Crippen molar-refractivity contribution in [2.45, 2.75) is 5.41 Å². The minimum Gasteiger partial charge on any atom is -0.309 e. The van der Waals surface area contributed by atoms with Crippen molar-refractivity contribution < 1.29 is 0 Å². The Morgan fingerprint density at radius 1 is 0.396 bits per heavy atom. The van der Waals surface area contributed by atoms with Gasteiger partial charge in [0.25, 0.3) is 0 Å². The molecular weight excluding hydrogens is 579 g/mol. The van der Waals surface area contributed by atoms with Crippen molar-refractivity contribution in [3.8, 4) is 39.1 Å². The Morgan fingerprint density at radius 3 is 1.92 bits per heavy atom. The molecule has 0 N–H and O–H groups in total. The Labute approximate surface area is 279 Å². The molecule has 0 saturated heterocycles. The number of hydrogen-bond donors (Lipinski definition) is 0. The van der Waals surface area contributed by atoms with Crippen molar-refractivity contribution in [2.24, 2.45) is 0 Å². The summed E-state index contributed by atoms with van der Waals surface area (Å²) in [6, 6.07) is 65.5. The fourth-order valence-electron chi connectivity index (χ4n) is 9.12. The second-order valence-corrected chi connectivity index (χ2v) is 13.2. The lowest BCUT2D eigenvalue weighted by Crippen LogP contribution is -2.31. The molecule has 1 unspecified atom stereocenters. The van der Waals surface area contributed by atoms with Gasteiger partial charge in [0.1, 0.15) is 0 Å². The van der Waals surface area contributed by atoms with E-state index < -0.39 is 5.41 Å². The lowest BCUT2D eigenvalue weighted by atomic mass is 9.61. The van der Waals surface area contributed by atoms with Crippen molar-refractivity contribution in [1.29, 1.82) is 0 Å². The van der Waals surface area contributed by atoms with Crippen LogP contribution in [-0.4, -0.2) is 4.57 Å². The van der Waals surface area contributed by atoms with Gasteiger partial charge in [-0.25, -0.2) is 0 Å². The lowest BCUT2D eigenvalue weighted by Gasteiger charge is -2.39. The molecule has 1 heterocycles. The molecule has 0 aliphatic heterocycles. The van der Waals surface area contributed by atoms with Crippen LogP contribution in [0, 0.1) is 0 Å². The first kappa shape index (κ1) is 25.9. The van der Waals surface area contributed by atoms with Gasteiger partial charge in [-0.15, -0.1) is 0 Å². The van der Waals surface area contributed by atoms with E-state index in [4.69, 9.17) is 0 Å². The molecule has 9 aromatic rings. The molecule has 0 bridgehead atoms. The second-order valence-electron chi connectivity index (χ2n) is 13.2. The van der Waals surface area contributed by atoms with Gasteiger partial charge in [0.15, 0.2) is 0 Å². The minimum atomic E-state index is -0.430. The van der Waals surface area contributed by atoms with Gasteiger partial charge in [-0.1, -0.05) is 146 Å². The van der Waals surface area contributed by atoms with E-state index in [-0.39, 0.29) is 0 Å². The van der Waals surface area contributed by atoms with Crippen LogP contribution in [0.15, 0.2) is 176 Å². The molecule has 0 radical (unpaired) electrons. The Bertz CT molecular complexity index is 2780. The van der Waals surface area contributed by atoms with Crippen LogP contribution < -0.4 is 0 Å². The number of benzene rings is 8. The largest absolute Gasteiger partial charge is 0.309 e. The number of aromatic nitrogens is 1. The first-order chi connectivity index (χ1) is 23.8. The van der Waals surface area contributed by atoms with Crippen LogP contribution >= 0.6 is 0 Å². The van der Waals surface area contributed by atoms with Gasteiger partial charge in [-0.2, -0.15) is 0 Å². The fraction of sp³-hybridized carbons (Fsp3) is 0.0213. The maximum absolute atomic E-state index is 2.50. The maximum Gasteiger partial charge on any atom is 0.0726 e. The third kappa shape index (κ3) is 3.21. The van der Waals surface area contributed by atoms with Crippen molar-refractivity contribution >= 4 is 32.6 Å². The summed E-state index contributed by atoms with van der Waals surface area (Å²) >= 11 is 0. The summed E-state index contributed by atoms with van der Waals surface area (Å²) in [5.74, 6) is 0. The third-order valence-electron chi connectivity index (χ3n) is 11.0. The highest BCUT2D eigenvalue weighted by molar-refractivity contribution is 6.13. The molecule has 2 aliphatic rings. The highest BCUT2D eigenvalue weighted by atomic mass is 15.0. The van der Waals surface area contributed by atoms with Gasteiger partial charge in [0, 0.05) is 16.5 Å². The van der Waals surface area contributed by atoms with Crippen LogP contribution in [0.5, 0.6) is 0 Å². The Kier molecular flexibility index (Phi) is 5.10. The van der Waals surface area contributed by atoms with E-state index in [0.717, 1.165) is 0 Å². The molecule has 48 heavy (non-hydrogen) atoms. The van der Waals surface area contributed by atoms with Crippen LogP contribution in [0.2, 0.25) is 0 Å². The van der Waals surface area contributed by atoms with Crippen molar-refractivity contribution in [3.63, 3.8) is 0 Å². The van der Waals surface area contributed by atoms with E-state index in [9.17, 15) is 0 Å². The number of fused-ring (bicyclic) bond motifs is 9. The Balaban J connectivity index is 1.25. The molecule has 1 nitrogen and oxygen atoms in total. The zero-order chi connectivity index (χ0) is 31.4. The van der Waals surface area contributed by atoms with E-state index in [1.807, 2.05) is 0 Å². The molecule has 0 spiro atoms. The number of para-hydroxylation sites is 1. The van der Waals surface area contributed by atoms with E-state index >= 15 is 0 Å². The average molecular weight is 608 g/mol. The number of rotatable bonds is 3. The van der Waals surface area contributed by atoms with Crippen LogP contribution in [0.25, 0.3) is 71.6 Å². The molecular formula is C47H29N. The zero-order valence-electron chi connectivity index (χ0n) is 26.2. The van der Waals surface area contributed by atoms with Crippen molar-refractivity contribution in [1.82, 2.24) is 4.57 Å². The summed E-state index contributed by atoms with van der Waals surface area (Å²) in [4.78, 5) is 0. The van der Waals surface area contributed by atoms with E-state index in [2.05, 4.69) is 180 Å². The van der Waals surface area contributed by atoms with Crippen LogP contribution in [0.3, 0.4) is 0 Å². The molecule has 0 amide bonds. The first-order valence-electron chi connectivity index (χ1n) is 16.8. The molecule has 11 rings (SSSR count). The second kappa shape index (κ2) is 9.44. The van der Waals surface area contributed by atoms with Crippen LogP contribution in [0.1, 0.15) is 22.3 Å². The summed E-state index contributed by atoms with van der Waals surface area (Å²) in [5.41, 5.74) is 16.4.